The summed E-state index contributed by atoms with van der Waals surface area (Å²) in [5.41, 5.74) is 1.16. The van der Waals surface area contributed by atoms with Gasteiger partial charge in [0.1, 0.15) is 0 Å². The minimum atomic E-state index is 0.622. The van der Waals surface area contributed by atoms with Gasteiger partial charge in [0, 0.05) is 20.2 Å². The van der Waals surface area contributed by atoms with Crippen molar-refractivity contribution in [1.82, 2.24) is 5.32 Å². The summed E-state index contributed by atoms with van der Waals surface area (Å²) in [6.07, 6.45) is 2.15. The average molecular weight is 360 g/mol. The Labute approximate surface area is 136 Å². The standard InChI is InChI=1S/C16H26BrNO3/c1-4-6-8-21-16-14(17)10-13(11-15(16)20-5-2)12-18-7-9-19-3/h10-11,18H,4-9,12H2,1-3H3. The van der Waals surface area contributed by atoms with Gasteiger partial charge in [-0.05, 0) is 47.0 Å². The van der Waals surface area contributed by atoms with Gasteiger partial charge in [0.05, 0.1) is 24.3 Å². The molecule has 1 rings (SSSR count). The van der Waals surface area contributed by atoms with Gasteiger partial charge < -0.3 is 19.5 Å². The van der Waals surface area contributed by atoms with Crippen LogP contribution >= 0.6 is 15.9 Å². The van der Waals surface area contributed by atoms with E-state index < -0.39 is 0 Å². The first-order valence-electron chi connectivity index (χ1n) is 7.50. The first kappa shape index (κ1) is 18.3. The predicted octanol–water partition coefficient (Wildman–Crippen LogP) is 3.76. The second kappa shape index (κ2) is 10.9. The van der Waals surface area contributed by atoms with Gasteiger partial charge in [0.2, 0.25) is 0 Å². The van der Waals surface area contributed by atoms with Crippen LogP contribution in [0.3, 0.4) is 0 Å². The number of methoxy groups -OCH3 is 1. The minimum absolute atomic E-state index is 0.622. The number of hydrogen-bond donors (Lipinski definition) is 1. The lowest BCUT2D eigenvalue weighted by Crippen LogP contribution is -2.18. The molecule has 0 aromatic heterocycles. The summed E-state index contributed by atoms with van der Waals surface area (Å²) >= 11 is 3.59. The van der Waals surface area contributed by atoms with Gasteiger partial charge in [0.25, 0.3) is 0 Å². The number of unbranched alkanes of at least 4 members (excludes halogenated alkanes) is 1. The molecule has 0 aliphatic rings. The van der Waals surface area contributed by atoms with Crippen LogP contribution in [0.15, 0.2) is 16.6 Å². The van der Waals surface area contributed by atoms with Crippen LogP contribution in [-0.2, 0) is 11.3 Å². The maximum Gasteiger partial charge on any atom is 0.175 e. The highest BCUT2D eigenvalue weighted by molar-refractivity contribution is 9.10. The topological polar surface area (TPSA) is 39.7 Å². The van der Waals surface area contributed by atoms with Crippen LogP contribution in [0.1, 0.15) is 32.3 Å². The molecule has 0 heterocycles. The molecule has 0 amide bonds. The van der Waals surface area contributed by atoms with Crippen molar-refractivity contribution in [1.29, 1.82) is 0 Å². The highest BCUT2D eigenvalue weighted by Crippen LogP contribution is 2.37. The van der Waals surface area contributed by atoms with Gasteiger partial charge in [-0.25, -0.2) is 0 Å². The molecule has 0 atom stereocenters. The van der Waals surface area contributed by atoms with Crippen molar-refractivity contribution in [2.24, 2.45) is 0 Å². The maximum atomic E-state index is 5.85. The van der Waals surface area contributed by atoms with Gasteiger partial charge in [0.15, 0.2) is 11.5 Å². The molecule has 1 aromatic carbocycles. The third-order valence-corrected chi connectivity index (χ3v) is 3.51. The molecule has 0 unspecified atom stereocenters. The van der Waals surface area contributed by atoms with Gasteiger partial charge in [-0.2, -0.15) is 0 Å². The number of rotatable bonds is 11. The fourth-order valence-electron chi connectivity index (χ4n) is 1.85. The Bertz CT molecular complexity index is 413. The van der Waals surface area contributed by atoms with E-state index in [1.54, 1.807) is 7.11 Å². The fraction of sp³-hybridized carbons (Fsp3) is 0.625. The van der Waals surface area contributed by atoms with Crippen LogP contribution in [0, 0.1) is 0 Å². The second-order valence-electron chi connectivity index (χ2n) is 4.71. The molecule has 0 saturated heterocycles. The molecule has 0 fully saturated rings. The molecule has 0 radical (unpaired) electrons. The zero-order valence-corrected chi connectivity index (χ0v) is 14.8. The van der Waals surface area contributed by atoms with E-state index in [-0.39, 0.29) is 0 Å². The average Bonchev–Trinajstić information content (AvgIpc) is 2.47. The van der Waals surface area contributed by atoms with E-state index in [0.717, 1.165) is 47.5 Å². The van der Waals surface area contributed by atoms with Crippen molar-refractivity contribution in [3.8, 4) is 11.5 Å². The molecule has 120 valence electrons. The molecule has 1 N–H and O–H groups in total. The number of halogens is 1. The Morgan fingerprint density at radius 3 is 2.62 bits per heavy atom. The van der Waals surface area contributed by atoms with E-state index in [0.29, 0.717) is 19.8 Å². The van der Waals surface area contributed by atoms with Crippen LogP contribution in [-0.4, -0.2) is 33.5 Å². The Morgan fingerprint density at radius 2 is 1.95 bits per heavy atom. The summed E-state index contributed by atoms with van der Waals surface area (Å²) in [5, 5.41) is 3.33. The van der Waals surface area contributed by atoms with E-state index in [1.165, 1.54) is 0 Å². The third kappa shape index (κ3) is 6.68. The minimum Gasteiger partial charge on any atom is -0.490 e. The molecule has 4 nitrogen and oxygen atoms in total. The molecule has 21 heavy (non-hydrogen) atoms. The van der Waals surface area contributed by atoms with Crippen molar-refractivity contribution >= 4 is 15.9 Å². The molecule has 0 bridgehead atoms. The Kier molecular flexibility index (Phi) is 9.46. The summed E-state index contributed by atoms with van der Waals surface area (Å²) in [7, 11) is 1.70. The summed E-state index contributed by atoms with van der Waals surface area (Å²) in [4.78, 5) is 0. The monoisotopic (exact) mass is 359 g/mol. The zero-order chi connectivity index (χ0) is 15.5. The summed E-state index contributed by atoms with van der Waals surface area (Å²) in [6.45, 7) is 7.77. The quantitative estimate of drug-likeness (QED) is 0.610. The summed E-state index contributed by atoms with van der Waals surface area (Å²) < 4.78 is 17.5. The van der Waals surface area contributed by atoms with Gasteiger partial charge in [-0.1, -0.05) is 13.3 Å². The van der Waals surface area contributed by atoms with Crippen molar-refractivity contribution < 1.29 is 14.2 Å². The first-order chi connectivity index (χ1) is 10.2. The van der Waals surface area contributed by atoms with Crippen LogP contribution in [0.4, 0.5) is 0 Å². The fourth-order valence-corrected chi connectivity index (χ4v) is 2.46. The van der Waals surface area contributed by atoms with E-state index in [9.17, 15) is 0 Å². The second-order valence-corrected chi connectivity index (χ2v) is 5.56. The van der Waals surface area contributed by atoms with E-state index >= 15 is 0 Å². The van der Waals surface area contributed by atoms with Crippen LogP contribution in [0.2, 0.25) is 0 Å². The van der Waals surface area contributed by atoms with Gasteiger partial charge in [-0.3, -0.25) is 0 Å². The predicted molar refractivity (Wildman–Crippen MR) is 89.3 cm³/mol. The Balaban J connectivity index is 2.74. The molecule has 5 heteroatoms. The Hall–Kier alpha value is -0.780. The van der Waals surface area contributed by atoms with Crippen LogP contribution in [0.5, 0.6) is 11.5 Å². The lowest BCUT2D eigenvalue weighted by Gasteiger charge is -2.15. The maximum absolute atomic E-state index is 5.85. The van der Waals surface area contributed by atoms with Gasteiger partial charge in [-0.15, -0.1) is 0 Å². The molecule has 1 aromatic rings. The molecule has 0 spiro atoms. The lowest BCUT2D eigenvalue weighted by atomic mass is 10.2. The van der Waals surface area contributed by atoms with Crippen molar-refractivity contribution in [3.63, 3.8) is 0 Å². The summed E-state index contributed by atoms with van der Waals surface area (Å²) in [5.74, 6) is 1.59. The largest absolute Gasteiger partial charge is 0.490 e. The van der Waals surface area contributed by atoms with Crippen LogP contribution < -0.4 is 14.8 Å². The van der Waals surface area contributed by atoms with E-state index in [2.05, 4.69) is 34.2 Å². The van der Waals surface area contributed by atoms with E-state index in [4.69, 9.17) is 14.2 Å². The number of benzene rings is 1. The molecule has 0 aliphatic carbocycles. The molecule has 0 saturated carbocycles. The number of nitrogens with one attached hydrogen (secondary N) is 1. The molecular formula is C16H26BrNO3. The molecular weight excluding hydrogens is 334 g/mol. The van der Waals surface area contributed by atoms with Crippen molar-refractivity contribution in [2.45, 2.75) is 33.2 Å². The SMILES string of the molecule is CCCCOc1c(Br)cc(CNCCOC)cc1OCC. The normalized spacial score (nSPS) is 10.7. The first-order valence-corrected chi connectivity index (χ1v) is 8.29. The Morgan fingerprint density at radius 1 is 1.14 bits per heavy atom. The number of ether oxygens (including phenoxy) is 3. The summed E-state index contributed by atoms with van der Waals surface area (Å²) in [6, 6.07) is 4.11. The van der Waals surface area contributed by atoms with E-state index in [1.807, 2.05) is 13.0 Å². The smallest absolute Gasteiger partial charge is 0.175 e. The van der Waals surface area contributed by atoms with Crippen molar-refractivity contribution in [2.75, 3.05) is 33.5 Å². The highest BCUT2D eigenvalue weighted by atomic mass is 79.9. The highest BCUT2D eigenvalue weighted by Gasteiger charge is 2.12. The lowest BCUT2D eigenvalue weighted by molar-refractivity contribution is 0.199. The van der Waals surface area contributed by atoms with Gasteiger partial charge >= 0.3 is 0 Å². The molecule has 0 aliphatic heterocycles. The number of hydrogen-bond acceptors (Lipinski definition) is 4. The van der Waals surface area contributed by atoms with Crippen LogP contribution in [0.25, 0.3) is 0 Å². The van der Waals surface area contributed by atoms with Crippen molar-refractivity contribution in [3.05, 3.63) is 22.2 Å². The zero-order valence-electron chi connectivity index (χ0n) is 13.2. The third-order valence-electron chi connectivity index (χ3n) is 2.93.